The van der Waals surface area contributed by atoms with Crippen molar-refractivity contribution in [2.24, 2.45) is 23.7 Å². The van der Waals surface area contributed by atoms with Crippen LogP contribution in [0.1, 0.15) is 80.1 Å². The van der Waals surface area contributed by atoms with Crippen LogP contribution in [0, 0.1) is 23.7 Å². The largest absolute Gasteiger partial charge is 0.0651 e. The summed E-state index contributed by atoms with van der Waals surface area (Å²) in [6, 6.07) is 0. The Bertz CT molecular complexity index is 148. The first kappa shape index (κ1) is 16.0. The third-order valence-electron chi connectivity index (χ3n) is 4.57. The molecule has 0 rings (SSSR count). The van der Waals surface area contributed by atoms with Crippen molar-refractivity contribution in [2.45, 2.75) is 80.1 Å². The van der Waals surface area contributed by atoms with Crippen molar-refractivity contribution in [1.82, 2.24) is 0 Å². The highest BCUT2D eigenvalue weighted by Gasteiger charge is 2.12. The molecule has 0 bridgehead atoms. The van der Waals surface area contributed by atoms with Gasteiger partial charge in [0.1, 0.15) is 0 Å². The molecule has 0 aromatic rings. The highest BCUT2D eigenvalue weighted by atomic mass is 14.2. The van der Waals surface area contributed by atoms with Crippen LogP contribution >= 0.6 is 0 Å². The van der Waals surface area contributed by atoms with E-state index in [0.717, 1.165) is 23.7 Å². The molecule has 0 aromatic heterocycles. The molecule has 0 fully saturated rings. The standard InChI is InChI=1S/C16H34/c1-7-14(5)15(6)11-9-10-12-16(8-2)13(3)4/h13-16H,7-12H2,1-6H3. The Morgan fingerprint density at radius 1 is 0.688 bits per heavy atom. The molecule has 0 aliphatic heterocycles. The Balaban J connectivity index is 3.59. The molecule has 0 saturated heterocycles. The Labute approximate surface area is 104 Å². The maximum atomic E-state index is 2.42. The van der Waals surface area contributed by atoms with E-state index in [1.807, 2.05) is 0 Å². The number of hydrogen-bond acceptors (Lipinski definition) is 0. The van der Waals surface area contributed by atoms with Gasteiger partial charge in [0.2, 0.25) is 0 Å². The van der Waals surface area contributed by atoms with Crippen LogP contribution < -0.4 is 0 Å². The molecule has 3 atom stereocenters. The lowest BCUT2D eigenvalue weighted by atomic mass is 9.85. The van der Waals surface area contributed by atoms with Crippen LogP contribution in [0.2, 0.25) is 0 Å². The minimum atomic E-state index is 0.872. The first-order valence-electron chi connectivity index (χ1n) is 7.52. The quantitative estimate of drug-likeness (QED) is 0.429. The summed E-state index contributed by atoms with van der Waals surface area (Å²) in [6.07, 6.45) is 8.46. The Hall–Kier alpha value is 0. The zero-order chi connectivity index (χ0) is 12.6. The van der Waals surface area contributed by atoms with Crippen LogP contribution in [0.4, 0.5) is 0 Å². The lowest BCUT2D eigenvalue weighted by Gasteiger charge is -2.21. The van der Waals surface area contributed by atoms with Crippen molar-refractivity contribution in [3.8, 4) is 0 Å². The van der Waals surface area contributed by atoms with Crippen LogP contribution in [0.25, 0.3) is 0 Å². The van der Waals surface area contributed by atoms with E-state index in [2.05, 4.69) is 41.5 Å². The summed E-state index contributed by atoms with van der Waals surface area (Å²) in [5.74, 6) is 3.66. The van der Waals surface area contributed by atoms with Crippen LogP contribution in [-0.2, 0) is 0 Å². The Morgan fingerprint density at radius 3 is 1.69 bits per heavy atom. The summed E-state index contributed by atoms with van der Waals surface area (Å²) in [4.78, 5) is 0. The molecule has 0 aromatic carbocycles. The molecular weight excluding hydrogens is 192 g/mol. The molecule has 0 nitrogen and oxygen atoms in total. The van der Waals surface area contributed by atoms with Gasteiger partial charge >= 0.3 is 0 Å². The summed E-state index contributed by atoms with van der Waals surface area (Å²) >= 11 is 0. The minimum absolute atomic E-state index is 0.872. The number of hydrogen-bond donors (Lipinski definition) is 0. The molecule has 16 heavy (non-hydrogen) atoms. The van der Waals surface area contributed by atoms with Crippen molar-refractivity contribution in [3.05, 3.63) is 0 Å². The lowest BCUT2D eigenvalue weighted by Crippen LogP contribution is -2.09. The van der Waals surface area contributed by atoms with Crippen molar-refractivity contribution >= 4 is 0 Å². The molecule has 0 saturated carbocycles. The van der Waals surface area contributed by atoms with Crippen molar-refractivity contribution in [2.75, 3.05) is 0 Å². The van der Waals surface area contributed by atoms with Gasteiger partial charge in [0, 0.05) is 0 Å². The van der Waals surface area contributed by atoms with Gasteiger partial charge < -0.3 is 0 Å². The minimum Gasteiger partial charge on any atom is -0.0651 e. The predicted octanol–water partition coefficient (Wildman–Crippen LogP) is 5.91. The van der Waals surface area contributed by atoms with Gasteiger partial charge in [-0.2, -0.15) is 0 Å². The van der Waals surface area contributed by atoms with Crippen molar-refractivity contribution in [3.63, 3.8) is 0 Å². The summed E-state index contributed by atoms with van der Waals surface area (Å²) in [7, 11) is 0. The zero-order valence-corrected chi connectivity index (χ0v) is 12.6. The van der Waals surface area contributed by atoms with Gasteiger partial charge in [-0.1, -0.05) is 80.1 Å². The van der Waals surface area contributed by atoms with E-state index >= 15 is 0 Å². The molecule has 0 N–H and O–H groups in total. The summed E-state index contributed by atoms with van der Waals surface area (Å²) in [5, 5.41) is 0. The first-order chi connectivity index (χ1) is 7.52. The molecule has 0 radical (unpaired) electrons. The van der Waals surface area contributed by atoms with Crippen LogP contribution in [0.3, 0.4) is 0 Å². The fourth-order valence-electron chi connectivity index (χ4n) is 2.57. The zero-order valence-electron chi connectivity index (χ0n) is 12.6. The highest BCUT2D eigenvalue weighted by Crippen LogP contribution is 2.25. The van der Waals surface area contributed by atoms with Gasteiger partial charge in [0.25, 0.3) is 0 Å². The van der Waals surface area contributed by atoms with E-state index in [9.17, 15) is 0 Å². The lowest BCUT2D eigenvalue weighted by molar-refractivity contribution is 0.310. The second-order valence-corrected chi connectivity index (χ2v) is 6.06. The fraction of sp³-hybridized carbons (Fsp3) is 1.00. The smallest absolute Gasteiger partial charge is 0.0394 e. The molecule has 0 heterocycles. The topological polar surface area (TPSA) is 0 Å². The van der Waals surface area contributed by atoms with Crippen molar-refractivity contribution < 1.29 is 0 Å². The molecule has 0 amide bonds. The third-order valence-corrected chi connectivity index (χ3v) is 4.57. The van der Waals surface area contributed by atoms with Gasteiger partial charge in [-0.15, -0.1) is 0 Å². The van der Waals surface area contributed by atoms with Crippen LogP contribution in [-0.4, -0.2) is 0 Å². The van der Waals surface area contributed by atoms with E-state index in [4.69, 9.17) is 0 Å². The van der Waals surface area contributed by atoms with E-state index in [1.165, 1.54) is 38.5 Å². The molecule has 0 aliphatic rings. The molecule has 98 valence electrons. The number of unbranched alkanes of at least 4 members (excludes halogenated alkanes) is 1. The summed E-state index contributed by atoms with van der Waals surface area (Å²) in [6.45, 7) is 14.2. The molecule has 0 aliphatic carbocycles. The predicted molar refractivity (Wildman–Crippen MR) is 75.7 cm³/mol. The molecule has 0 spiro atoms. The summed E-state index contributed by atoms with van der Waals surface area (Å²) in [5.41, 5.74) is 0. The second kappa shape index (κ2) is 9.07. The maximum absolute atomic E-state index is 2.42. The van der Waals surface area contributed by atoms with Crippen molar-refractivity contribution in [1.29, 1.82) is 0 Å². The Morgan fingerprint density at radius 2 is 1.25 bits per heavy atom. The second-order valence-electron chi connectivity index (χ2n) is 6.06. The average molecular weight is 226 g/mol. The third kappa shape index (κ3) is 6.55. The monoisotopic (exact) mass is 226 g/mol. The summed E-state index contributed by atoms with van der Waals surface area (Å²) < 4.78 is 0. The van der Waals surface area contributed by atoms with Gasteiger partial charge in [0.05, 0.1) is 0 Å². The van der Waals surface area contributed by atoms with Crippen LogP contribution in [0.5, 0.6) is 0 Å². The Kier molecular flexibility index (Phi) is 9.07. The van der Waals surface area contributed by atoms with E-state index in [0.29, 0.717) is 0 Å². The maximum Gasteiger partial charge on any atom is -0.0394 e. The van der Waals surface area contributed by atoms with Gasteiger partial charge in [0.15, 0.2) is 0 Å². The SMILES string of the molecule is CCC(C)C(C)CCCCC(CC)C(C)C. The van der Waals surface area contributed by atoms with Gasteiger partial charge in [-0.05, 0) is 23.7 Å². The molecular formula is C16H34. The average Bonchev–Trinajstić information content (AvgIpc) is 2.27. The normalized spacial score (nSPS) is 17.4. The van der Waals surface area contributed by atoms with E-state index < -0.39 is 0 Å². The van der Waals surface area contributed by atoms with E-state index in [1.54, 1.807) is 0 Å². The van der Waals surface area contributed by atoms with Gasteiger partial charge in [-0.25, -0.2) is 0 Å². The first-order valence-corrected chi connectivity index (χ1v) is 7.52. The molecule has 3 unspecified atom stereocenters. The van der Waals surface area contributed by atoms with Gasteiger partial charge in [-0.3, -0.25) is 0 Å². The molecule has 0 heteroatoms. The van der Waals surface area contributed by atoms with E-state index in [-0.39, 0.29) is 0 Å². The number of rotatable bonds is 9. The highest BCUT2D eigenvalue weighted by molar-refractivity contribution is 4.64. The fourth-order valence-corrected chi connectivity index (χ4v) is 2.57. The van der Waals surface area contributed by atoms with Crippen LogP contribution in [0.15, 0.2) is 0 Å².